The number of nitrogens with one attached hydrogen (secondary N) is 3. The Balaban J connectivity index is 1.83. The molecule has 3 aromatic rings. The van der Waals surface area contributed by atoms with Crippen molar-refractivity contribution in [3.8, 4) is 0 Å². The van der Waals surface area contributed by atoms with Crippen LogP contribution in [0, 0.1) is 0 Å². The van der Waals surface area contributed by atoms with Gasteiger partial charge in [0.15, 0.2) is 16.6 Å². The Morgan fingerprint density at radius 1 is 1.08 bits per heavy atom. The molecule has 0 saturated heterocycles. The zero-order valence-corrected chi connectivity index (χ0v) is 14.4. The van der Waals surface area contributed by atoms with Crippen molar-refractivity contribution in [1.29, 1.82) is 0 Å². The molecule has 1 aromatic carbocycles. The van der Waals surface area contributed by atoms with Crippen molar-refractivity contribution in [2.75, 3.05) is 17.2 Å². The number of hydrogen-bond acceptors (Lipinski definition) is 5. The fraction of sp³-hybridized carbons (Fsp3) is 0.125. The molecule has 3 N–H and O–H groups in total. The van der Waals surface area contributed by atoms with Crippen molar-refractivity contribution in [1.82, 2.24) is 20.3 Å². The van der Waals surface area contributed by atoms with Gasteiger partial charge in [-0.15, -0.1) is 0 Å². The first-order chi connectivity index (χ1) is 11.6. The molecule has 0 aliphatic carbocycles. The van der Waals surface area contributed by atoms with Crippen LogP contribution in [0.4, 0.5) is 17.3 Å². The molecule has 0 spiro atoms. The molecule has 0 bridgehead atoms. The second-order valence-corrected chi connectivity index (χ2v) is 5.76. The van der Waals surface area contributed by atoms with E-state index in [1.165, 1.54) is 0 Å². The highest BCUT2D eigenvalue weighted by Gasteiger charge is 2.05. The minimum absolute atomic E-state index is 0.501. The summed E-state index contributed by atoms with van der Waals surface area (Å²) in [5.41, 5.74) is 2.12. The zero-order chi connectivity index (χ0) is 16.9. The molecule has 8 heteroatoms. The minimum Gasteiger partial charge on any atom is -0.363 e. The second-order valence-electron chi connectivity index (χ2n) is 4.91. The van der Waals surface area contributed by atoms with Crippen LogP contribution in [-0.2, 0) is 0 Å². The number of aromatic nitrogens is 3. The van der Waals surface area contributed by atoms with Gasteiger partial charge in [-0.25, -0.2) is 15.0 Å². The minimum atomic E-state index is 0.501. The van der Waals surface area contributed by atoms with Crippen LogP contribution in [0.3, 0.4) is 0 Å². The summed E-state index contributed by atoms with van der Waals surface area (Å²) >= 11 is 11.0. The molecule has 0 saturated carbocycles. The van der Waals surface area contributed by atoms with E-state index < -0.39 is 0 Å². The van der Waals surface area contributed by atoms with Gasteiger partial charge in [0, 0.05) is 17.3 Å². The smallest absolute Gasteiger partial charge is 0.182 e. The van der Waals surface area contributed by atoms with E-state index in [0.29, 0.717) is 32.9 Å². The quantitative estimate of drug-likeness (QED) is 0.613. The maximum Gasteiger partial charge on any atom is 0.182 e. The lowest BCUT2D eigenvalue weighted by molar-refractivity contribution is 0.978. The van der Waals surface area contributed by atoms with E-state index in [4.69, 9.17) is 23.8 Å². The number of thiocarbonyl (C=S) groups is 1. The summed E-state index contributed by atoms with van der Waals surface area (Å²) in [6.07, 6.45) is 1.62. The van der Waals surface area contributed by atoms with Gasteiger partial charge in [-0.2, -0.15) is 0 Å². The lowest BCUT2D eigenvalue weighted by Gasteiger charge is -2.09. The topological polar surface area (TPSA) is 74.8 Å². The first kappa shape index (κ1) is 16.4. The lowest BCUT2D eigenvalue weighted by Crippen LogP contribution is -2.28. The van der Waals surface area contributed by atoms with Crippen LogP contribution in [0.2, 0.25) is 5.02 Å². The van der Waals surface area contributed by atoms with Crippen molar-refractivity contribution in [2.24, 2.45) is 0 Å². The van der Waals surface area contributed by atoms with Crippen LogP contribution < -0.4 is 16.0 Å². The van der Waals surface area contributed by atoms with Gasteiger partial charge in [0.2, 0.25) is 0 Å². The van der Waals surface area contributed by atoms with Gasteiger partial charge in [-0.3, -0.25) is 0 Å². The number of pyridine rings is 1. The van der Waals surface area contributed by atoms with Gasteiger partial charge in [-0.05, 0) is 55.5 Å². The van der Waals surface area contributed by atoms with Gasteiger partial charge in [0.1, 0.15) is 11.3 Å². The normalized spacial score (nSPS) is 10.4. The molecule has 0 fully saturated rings. The first-order valence-corrected chi connectivity index (χ1v) is 8.14. The summed E-state index contributed by atoms with van der Waals surface area (Å²) in [5, 5.41) is 10.4. The lowest BCUT2D eigenvalue weighted by atomic mass is 10.3. The number of rotatable bonds is 4. The SMILES string of the molecule is CCNC(=S)Nc1cnc2ccc(Nc3ccc(Cl)cc3)nc2n1. The summed E-state index contributed by atoms with van der Waals surface area (Å²) in [7, 11) is 0. The maximum atomic E-state index is 5.89. The van der Waals surface area contributed by atoms with Crippen LogP contribution in [0.5, 0.6) is 0 Å². The van der Waals surface area contributed by atoms with Gasteiger partial charge in [-0.1, -0.05) is 11.6 Å². The molecule has 0 atom stereocenters. The molecular formula is C16H15ClN6S. The fourth-order valence-corrected chi connectivity index (χ4v) is 2.40. The van der Waals surface area contributed by atoms with E-state index >= 15 is 0 Å². The molecule has 122 valence electrons. The average molecular weight is 359 g/mol. The van der Waals surface area contributed by atoms with E-state index in [2.05, 4.69) is 30.9 Å². The molecular weight excluding hydrogens is 344 g/mol. The van der Waals surface area contributed by atoms with E-state index in [9.17, 15) is 0 Å². The molecule has 0 amide bonds. The van der Waals surface area contributed by atoms with Crippen LogP contribution >= 0.6 is 23.8 Å². The number of nitrogens with zero attached hydrogens (tertiary/aromatic N) is 3. The Morgan fingerprint density at radius 3 is 2.58 bits per heavy atom. The van der Waals surface area contributed by atoms with E-state index in [0.717, 1.165) is 12.2 Å². The van der Waals surface area contributed by atoms with Crippen molar-refractivity contribution in [2.45, 2.75) is 6.92 Å². The molecule has 2 aromatic heterocycles. The van der Waals surface area contributed by atoms with E-state index in [1.54, 1.807) is 6.20 Å². The number of fused-ring (bicyclic) bond motifs is 1. The van der Waals surface area contributed by atoms with Crippen LogP contribution in [0.25, 0.3) is 11.2 Å². The highest BCUT2D eigenvalue weighted by atomic mass is 35.5. The largest absolute Gasteiger partial charge is 0.363 e. The van der Waals surface area contributed by atoms with Gasteiger partial charge in [0.25, 0.3) is 0 Å². The summed E-state index contributed by atoms with van der Waals surface area (Å²) in [6.45, 7) is 2.70. The summed E-state index contributed by atoms with van der Waals surface area (Å²) < 4.78 is 0. The van der Waals surface area contributed by atoms with Gasteiger partial charge < -0.3 is 16.0 Å². The van der Waals surface area contributed by atoms with Crippen LogP contribution in [0.15, 0.2) is 42.6 Å². The van der Waals surface area contributed by atoms with Gasteiger partial charge >= 0.3 is 0 Å². The number of anilines is 3. The average Bonchev–Trinajstić information content (AvgIpc) is 2.57. The molecule has 0 aliphatic rings. The predicted octanol–water partition coefficient (Wildman–Crippen LogP) is 3.73. The number of hydrogen-bond donors (Lipinski definition) is 3. The highest BCUT2D eigenvalue weighted by molar-refractivity contribution is 7.80. The molecule has 6 nitrogen and oxygen atoms in total. The molecule has 3 rings (SSSR count). The Hall–Kier alpha value is -2.51. The third-order valence-electron chi connectivity index (χ3n) is 3.10. The number of benzene rings is 1. The third-order valence-corrected chi connectivity index (χ3v) is 3.60. The predicted molar refractivity (Wildman–Crippen MR) is 102 cm³/mol. The maximum absolute atomic E-state index is 5.89. The third kappa shape index (κ3) is 4.06. The highest BCUT2D eigenvalue weighted by Crippen LogP contribution is 2.19. The van der Waals surface area contributed by atoms with Gasteiger partial charge in [0.05, 0.1) is 6.20 Å². The molecule has 0 radical (unpaired) electrons. The molecule has 0 aliphatic heterocycles. The van der Waals surface area contributed by atoms with Crippen molar-refractivity contribution >= 4 is 57.4 Å². The molecule has 2 heterocycles. The molecule has 0 unspecified atom stereocenters. The van der Waals surface area contributed by atoms with E-state index in [1.807, 2.05) is 43.3 Å². The first-order valence-electron chi connectivity index (χ1n) is 7.35. The van der Waals surface area contributed by atoms with Crippen molar-refractivity contribution in [3.63, 3.8) is 0 Å². The van der Waals surface area contributed by atoms with Crippen LogP contribution in [-0.4, -0.2) is 26.6 Å². The Morgan fingerprint density at radius 2 is 1.83 bits per heavy atom. The Bertz CT molecular complexity index is 868. The van der Waals surface area contributed by atoms with Crippen molar-refractivity contribution in [3.05, 3.63) is 47.6 Å². The Kier molecular flexibility index (Phi) is 5.02. The van der Waals surface area contributed by atoms with Crippen molar-refractivity contribution < 1.29 is 0 Å². The van der Waals surface area contributed by atoms with Crippen LogP contribution in [0.1, 0.15) is 6.92 Å². The summed E-state index contributed by atoms with van der Waals surface area (Å²) in [6, 6.07) is 11.1. The molecule has 24 heavy (non-hydrogen) atoms. The fourth-order valence-electron chi connectivity index (χ4n) is 2.03. The zero-order valence-electron chi connectivity index (χ0n) is 12.9. The standard InChI is InChI=1S/C16H15ClN6S/c1-2-18-16(24)23-14-9-19-12-7-8-13(21-15(12)22-14)20-11-5-3-10(17)4-6-11/h3-9H,2H2,1H3,(H3,18,20,21,22,23,24). The number of halogens is 1. The monoisotopic (exact) mass is 358 g/mol. The second kappa shape index (κ2) is 7.37. The summed E-state index contributed by atoms with van der Waals surface area (Å²) in [5.74, 6) is 1.22. The summed E-state index contributed by atoms with van der Waals surface area (Å²) in [4.78, 5) is 13.3. The Labute approximate surface area is 149 Å². The van der Waals surface area contributed by atoms with E-state index in [-0.39, 0.29) is 0 Å².